The highest BCUT2D eigenvalue weighted by Gasteiger charge is 1.95. The molecule has 0 aromatic carbocycles. The lowest BCUT2D eigenvalue weighted by molar-refractivity contribution is 0.483. The SMILES string of the molecule is CC(C)CCCCC(C)C. The molecule has 0 bridgehead atoms. The molecule has 0 nitrogen and oxygen atoms in total. The standard InChI is InChI=1S/C10H22/c1-9(2)7-5-6-8-10(3)4/h9-10H,5-8H2,1-4H3. The van der Waals surface area contributed by atoms with Crippen LogP contribution in [0, 0.1) is 11.8 Å². The van der Waals surface area contributed by atoms with E-state index in [1.807, 2.05) is 0 Å². The topological polar surface area (TPSA) is 0 Å². The van der Waals surface area contributed by atoms with Crippen LogP contribution in [0.15, 0.2) is 0 Å². The van der Waals surface area contributed by atoms with Crippen molar-refractivity contribution in [3.63, 3.8) is 0 Å². The summed E-state index contributed by atoms with van der Waals surface area (Å²) in [6.07, 6.45) is 5.67. The fraction of sp³-hybridized carbons (Fsp3) is 1.00. The van der Waals surface area contributed by atoms with Crippen molar-refractivity contribution in [3.05, 3.63) is 0 Å². The van der Waals surface area contributed by atoms with Crippen molar-refractivity contribution in [3.8, 4) is 0 Å². The van der Waals surface area contributed by atoms with Crippen LogP contribution in [-0.4, -0.2) is 0 Å². The fourth-order valence-corrected chi connectivity index (χ4v) is 1.11. The molecule has 0 saturated carbocycles. The van der Waals surface area contributed by atoms with Gasteiger partial charge in [0.2, 0.25) is 0 Å². The summed E-state index contributed by atoms with van der Waals surface area (Å²) < 4.78 is 0. The highest BCUT2D eigenvalue weighted by Crippen LogP contribution is 2.11. The maximum atomic E-state index is 2.30. The minimum atomic E-state index is 0.896. The lowest BCUT2D eigenvalue weighted by atomic mass is 10.0. The van der Waals surface area contributed by atoms with E-state index in [2.05, 4.69) is 27.7 Å². The van der Waals surface area contributed by atoms with E-state index in [-0.39, 0.29) is 0 Å². The highest BCUT2D eigenvalue weighted by atomic mass is 14.0. The summed E-state index contributed by atoms with van der Waals surface area (Å²) in [6, 6.07) is 0. The number of hydrogen-bond acceptors (Lipinski definition) is 0. The van der Waals surface area contributed by atoms with E-state index in [1.165, 1.54) is 25.7 Å². The van der Waals surface area contributed by atoms with Crippen LogP contribution in [-0.2, 0) is 0 Å². The van der Waals surface area contributed by atoms with Gasteiger partial charge in [0.15, 0.2) is 0 Å². The average molecular weight is 142 g/mol. The van der Waals surface area contributed by atoms with E-state index in [9.17, 15) is 0 Å². The van der Waals surface area contributed by atoms with Gasteiger partial charge >= 0.3 is 0 Å². The van der Waals surface area contributed by atoms with Crippen molar-refractivity contribution in [2.75, 3.05) is 0 Å². The summed E-state index contributed by atoms with van der Waals surface area (Å²) in [5, 5.41) is 0. The molecule has 0 heterocycles. The summed E-state index contributed by atoms with van der Waals surface area (Å²) in [7, 11) is 0. The zero-order chi connectivity index (χ0) is 7.98. The van der Waals surface area contributed by atoms with Gasteiger partial charge in [0.1, 0.15) is 0 Å². The predicted octanol–water partition coefficient (Wildman–Crippen LogP) is 3.86. The molecule has 10 heavy (non-hydrogen) atoms. The first-order valence-electron chi connectivity index (χ1n) is 4.63. The zero-order valence-electron chi connectivity index (χ0n) is 7.98. The van der Waals surface area contributed by atoms with Gasteiger partial charge in [0.25, 0.3) is 0 Å². The van der Waals surface area contributed by atoms with Crippen molar-refractivity contribution in [1.29, 1.82) is 0 Å². The van der Waals surface area contributed by atoms with Gasteiger partial charge in [-0.15, -0.1) is 0 Å². The fourth-order valence-electron chi connectivity index (χ4n) is 1.11. The first-order valence-corrected chi connectivity index (χ1v) is 4.63. The summed E-state index contributed by atoms with van der Waals surface area (Å²) >= 11 is 0. The van der Waals surface area contributed by atoms with Crippen LogP contribution in [0.1, 0.15) is 53.4 Å². The average Bonchev–Trinajstić information content (AvgIpc) is 1.79. The summed E-state index contributed by atoms with van der Waals surface area (Å²) in [6.45, 7) is 9.20. The Morgan fingerprint density at radius 3 is 1.20 bits per heavy atom. The smallest absolute Gasteiger partial charge is 0.0471 e. The number of rotatable bonds is 5. The Bertz CT molecular complexity index is 52.4. The number of hydrogen-bond donors (Lipinski definition) is 0. The van der Waals surface area contributed by atoms with Crippen molar-refractivity contribution >= 4 is 0 Å². The molecule has 0 aliphatic rings. The molecule has 0 saturated heterocycles. The van der Waals surface area contributed by atoms with Crippen molar-refractivity contribution in [2.45, 2.75) is 53.4 Å². The van der Waals surface area contributed by atoms with Gasteiger partial charge in [0, 0.05) is 0 Å². The molecule has 0 N–H and O–H groups in total. The molecule has 0 spiro atoms. The Kier molecular flexibility index (Phi) is 5.76. The van der Waals surface area contributed by atoms with Crippen LogP contribution in [0.25, 0.3) is 0 Å². The monoisotopic (exact) mass is 142 g/mol. The van der Waals surface area contributed by atoms with Gasteiger partial charge in [-0.05, 0) is 11.8 Å². The Hall–Kier alpha value is 0. The molecular weight excluding hydrogens is 120 g/mol. The lowest BCUT2D eigenvalue weighted by Gasteiger charge is -2.05. The predicted molar refractivity (Wildman–Crippen MR) is 48.1 cm³/mol. The zero-order valence-corrected chi connectivity index (χ0v) is 7.98. The van der Waals surface area contributed by atoms with E-state index >= 15 is 0 Å². The molecule has 0 amide bonds. The molecular formula is C10H22. The van der Waals surface area contributed by atoms with Crippen LogP contribution in [0.2, 0.25) is 0 Å². The van der Waals surface area contributed by atoms with Crippen LogP contribution in [0.4, 0.5) is 0 Å². The highest BCUT2D eigenvalue weighted by molar-refractivity contribution is 4.49. The lowest BCUT2D eigenvalue weighted by Crippen LogP contribution is -1.90. The second-order valence-electron chi connectivity index (χ2n) is 4.07. The molecule has 0 aromatic heterocycles. The quantitative estimate of drug-likeness (QED) is 0.511. The second-order valence-corrected chi connectivity index (χ2v) is 4.07. The molecule has 0 atom stereocenters. The Morgan fingerprint density at radius 1 is 0.700 bits per heavy atom. The molecule has 62 valence electrons. The molecule has 0 rings (SSSR count). The van der Waals surface area contributed by atoms with E-state index in [4.69, 9.17) is 0 Å². The minimum absolute atomic E-state index is 0.896. The minimum Gasteiger partial charge on any atom is -0.0628 e. The van der Waals surface area contributed by atoms with E-state index in [1.54, 1.807) is 0 Å². The van der Waals surface area contributed by atoms with Gasteiger partial charge in [-0.1, -0.05) is 53.4 Å². The van der Waals surface area contributed by atoms with Gasteiger partial charge in [-0.25, -0.2) is 0 Å². The van der Waals surface area contributed by atoms with Crippen LogP contribution >= 0.6 is 0 Å². The van der Waals surface area contributed by atoms with Crippen LogP contribution < -0.4 is 0 Å². The third-order valence-corrected chi connectivity index (χ3v) is 1.81. The van der Waals surface area contributed by atoms with Gasteiger partial charge in [-0.3, -0.25) is 0 Å². The summed E-state index contributed by atoms with van der Waals surface area (Å²) in [5.41, 5.74) is 0. The van der Waals surface area contributed by atoms with Gasteiger partial charge in [0.05, 0.1) is 0 Å². The van der Waals surface area contributed by atoms with Crippen molar-refractivity contribution < 1.29 is 0 Å². The molecule has 0 radical (unpaired) electrons. The normalized spacial score (nSPS) is 11.4. The third-order valence-electron chi connectivity index (χ3n) is 1.81. The Labute approximate surface area is 66.0 Å². The van der Waals surface area contributed by atoms with Crippen molar-refractivity contribution in [2.24, 2.45) is 11.8 Å². The first kappa shape index (κ1) is 10.0. The van der Waals surface area contributed by atoms with Crippen LogP contribution in [0.5, 0.6) is 0 Å². The largest absolute Gasteiger partial charge is 0.0628 e. The molecule has 0 aromatic rings. The molecule has 0 heteroatoms. The molecule has 0 unspecified atom stereocenters. The Balaban J connectivity index is 2.91. The molecule has 0 aliphatic heterocycles. The molecule has 0 aliphatic carbocycles. The summed E-state index contributed by atoms with van der Waals surface area (Å²) in [5.74, 6) is 1.79. The second kappa shape index (κ2) is 5.76. The first-order chi connectivity index (χ1) is 4.63. The maximum Gasteiger partial charge on any atom is -0.0471 e. The van der Waals surface area contributed by atoms with Crippen LogP contribution in [0.3, 0.4) is 0 Å². The maximum absolute atomic E-state index is 2.30. The Morgan fingerprint density at radius 2 is 1.00 bits per heavy atom. The van der Waals surface area contributed by atoms with Gasteiger partial charge < -0.3 is 0 Å². The third kappa shape index (κ3) is 8.00. The van der Waals surface area contributed by atoms with E-state index in [0.29, 0.717) is 0 Å². The van der Waals surface area contributed by atoms with E-state index < -0.39 is 0 Å². The number of unbranched alkanes of at least 4 members (excludes halogenated alkanes) is 1. The van der Waals surface area contributed by atoms with E-state index in [0.717, 1.165) is 11.8 Å². The molecule has 0 fully saturated rings. The summed E-state index contributed by atoms with van der Waals surface area (Å²) in [4.78, 5) is 0. The van der Waals surface area contributed by atoms with Crippen molar-refractivity contribution in [1.82, 2.24) is 0 Å². The van der Waals surface area contributed by atoms with Gasteiger partial charge in [-0.2, -0.15) is 0 Å².